The summed E-state index contributed by atoms with van der Waals surface area (Å²) >= 11 is 1.46. The highest BCUT2D eigenvalue weighted by molar-refractivity contribution is 7.99. The molecule has 2 N–H and O–H groups in total. The van der Waals surface area contributed by atoms with E-state index < -0.39 is 12.1 Å². The Morgan fingerprint density at radius 1 is 1.20 bits per heavy atom. The Hall–Kier alpha value is -3.50. The standard InChI is InChI=1S/C20H22N6OS.C2HF3O2/c1-3-4-12-26-16-17(22-19(26)25-13-10-21-11-14-25)23-20(24(2)18(16)27)28-15-8-6-5-7-9-15;3-2(4,5)1(6)7/h5-9,21H,10-14H2,1-2H3;(H,6,7). The van der Waals surface area contributed by atoms with Gasteiger partial charge >= 0.3 is 12.1 Å². The summed E-state index contributed by atoms with van der Waals surface area (Å²) < 4.78 is 35.2. The van der Waals surface area contributed by atoms with Crippen molar-refractivity contribution in [3.8, 4) is 11.8 Å². The van der Waals surface area contributed by atoms with E-state index in [0.717, 1.165) is 37.0 Å². The number of nitrogens with zero attached hydrogens (tertiary/aromatic N) is 5. The molecule has 13 heteroatoms. The molecule has 1 aliphatic heterocycles. The quantitative estimate of drug-likeness (QED) is 0.409. The molecule has 4 rings (SSSR count). The number of aliphatic carboxylic acids is 1. The summed E-state index contributed by atoms with van der Waals surface area (Å²) in [6.07, 6.45) is -5.08. The second-order valence-electron chi connectivity index (χ2n) is 7.31. The number of imidazole rings is 1. The van der Waals surface area contributed by atoms with Gasteiger partial charge in [0.1, 0.15) is 0 Å². The van der Waals surface area contributed by atoms with Crippen LogP contribution in [-0.4, -0.2) is 62.5 Å². The minimum absolute atomic E-state index is 0.102. The minimum atomic E-state index is -5.08. The number of alkyl halides is 3. The van der Waals surface area contributed by atoms with Crippen LogP contribution in [0.3, 0.4) is 0 Å². The number of benzene rings is 1. The molecule has 0 spiro atoms. The Balaban J connectivity index is 0.000000429. The van der Waals surface area contributed by atoms with Gasteiger partial charge in [-0.1, -0.05) is 35.9 Å². The number of nitrogens with one attached hydrogen (secondary N) is 1. The van der Waals surface area contributed by atoms with Crippen molar-refractivity contribution in [1.82, 2.24) is 24.4 Å². The van der Waals surface area contributed by atoms with E-state index in [4.69, 9.17) is 19.9 Å². The summed E-state index contributed by atoms with van der Waals surface area (Å²) in [7, 11) is 1.76. The zero-order chi connectivity index (χ0) is 25.6. The van der Waals surface area contributed by atoms with Crippen LogP contribution in [0.5, 0.6) is 0 Å². The van der Waals surface area contributed by atoms with Crippen LogP contribution in [0.15, 0.2) is 45.2 Å². The number of carbonyl (C=O) groups is 1. The van der Waals surface area contributed by atoms with Crippen molar-refractivity contribution in [2.45, 2.75) is 29.7 Å². The summed E-state index contributed by atoms with van der Waals surface area (Å²) in [4.78, 5) is 34.8. The number of aromatic nitrogens is 4. The maximum absolute atomic E-state index is 13.2. The van der Waals surface area contributed by atoms with Crippen molar-refractivity contribution in [2.24, 2.45) is 7.05 Å². The smallest absolute Gasteiger partial charge is 0.475 e. The Morgan fingerprint density at radius 3 is 2.40 bits per heavy atom. The van der Waals surface area contributed by atoms with E-state index in [1.807, 2.05) is 34.9 Å². The molecule has 0 atom stereocenters. The number of halogens is 3. The first-order valence-corrected chi connectivity index (χ1v) is 11.3. The largest absolute Gasteiger partial charge is 0.490 e. The fraction of sp³-hybridized carbons (Fsp3) is 0.364. The van der Waals surface area contributed by atoms with E-state index in [-0.39, 0.29) is 5.56 Å². The van der Waals surface area contributed by atoms with Crippen LogP contribution in [0.4, 0.5) is 19.1 Å². The zero-order valence-electron chi connectivity index (χ0n) is 19.0. The lowest BCUT2D eigenvalue weighted by Crippen LogP contribution is -2.44. The van der Waals surface area contributed by atoms with Crippen LogP contribution in [0, 0.1) is 11.8 Å². The van der Waals surface area contributed by atoms with Crippen LogP contribution in [0.1, 0.15) is 6.92 Å². The second-order valence-corrected chi connectivity index (χ2v) is 8.35. The maximum Gasteiger partial charge on any atom is 0.490 e. The van der Waals surface area contributed by atoms with Crippen molar-refractivity contribution < 1.29 is 23.1 Å². The van der Waals surface area contributed by atoms with E-state index in [1.165, 1.54) is 11.8 Å². The topological polar surface area (TPSA) is 105 Å². The number of fused-ring (bicyclic) bond motifs is 1. The Bertz CT molecular complexity index is 1310. The number of rotatable bonds is 4. The molecule has 0 bridgehead atoms. The van der Waals surface area contributed by atoms with E-state index in [9.17, 15) is 18.0 Å². The highest BCUT2D eigenvalue weighted by atomic mass is 32.2. The van der Waals surface area contributed by atoms with E-state index in [1.54, 1.807) is 18.5 Å². The molecule has 1 saturated heterocycles. The molecule has 35 heavy (non-hydrogen) atoms. The van der Waals surface area contributed by atoms with Crippen LogP contribution >= 0.6 is 11.8 Å². The highest BCUT2D eigenvalue weighted by Gasteiger charge is 2.38. The molecule has 2 aromatic heterocycles. The summed E-state index contributed by atoms with van der Waals surface area (Å²) in [5, 5.41) is 11.1. The lowest BCUT2D eigenvalue weighted by molar-refractivity contribution is -0.192. The third kappa shape index (κ3) is 6.34. The van der Waals surface area contributed by atoms with Gasteiger partial charge < -0.3 is 15.3 Å². The van der Waals surface area contributed by atoms with Gasteiger partial charge in [-0.3, -0.25) is 13.9 Å². The van der Waals surface area contributed by atoms with Crippen LogP contribution in [-0.2, 0) is 18.4 Å². The van der Waals surface area contributed by atoms with Crippen molar-refractivity contribution in [2.75, 3.05) is 31.1 Å². The molecule has 186 valence electrons. The number of carboxylic acid groups (broad SMARTS) is 1. The predicted molar refractivity (Wildman–Crippen MR) is 126 cm³/mol. The second kappa shape index (κ2) is 11.3. The Labute approximate surface area is 203 Å². The molecule has 0 amide bonds. The van der Waals surface area contributed by atoms with Gasteiger partial charge in [0.25, 0.3) is 5.56 Å². The molecular formula is C22H23F3N6O3S. The average Bonchev–Trinajstić information content (AvgIpc) is 3.20. The van der Waals surface area contributed by atoms with E-state index in [2.05, 4.69) is 22.1 Å². The molecular weight excluding hydrogens is 485 g/mol. The van der Waals surface area contributed by atoms with Crippen LogP contribution in [0.2, 0.25) is 0 Å². The average molecular weight is 509 g/mol. The number of carboxylic acids is 1. The minimum Gasteiger partial charge on any atom is -0.475 e. The first-order valence-electron chi connectivity index (χ1n) is 10.5. The van der Waals surface area contributed by atoms with Crippen molar-refractivity contribution in [1.29, 1.82) is 0 Å². The molecule has 1 aliphatic rings. The molecule has 0 saturated carbocycles. The van der Waals surface area contributed by atoms with E-state index in [0.29, 0.717) is 22.9 Å². The van der Waals surface area contributed by atoms with Crippen molar-refractivity contribution in [3.63, 3.8) is 0 Å². The fourth-order valence-electron chi connectivity index (χ4n) is 3.23. The van der Waals surface area contributed by atoms with Gasteiger partial charge in [0.15, 0.2) is 16.3 Å². The summed E-state index contributed by atoms with van der Waals surface area (Å²) in [5.41, 5.74) is 0.888. The van der Waals surface area contributed by atoms with Crippen LogP contribution in [0.25, 0.3) is 11.2 Å². The van der Waals surface area contributed by atoms with Gasteiger partial charge in [0, 0.05) is 38.1 Å². The number of hydrogen-bond donors (Lipinski definition) is 2. The van der Waals surface area contributed by atoms with Gasteiger partial charge in [-0.15, -0.1) is 5.92 Å². The lowest BCUT2D eigenvalue weighted by atomic mass is 10.4. The number of hydrogen-bond acceptors (Lipinski definition) is 7. The zero-order valence-corrected chi connectivity index (χ0v) is 19.8. The number of piperazine rings is 1. The monoisotopic (exact) mass is 508 g/mol. The van der Waals surface area contributed by atoms with Gasteiger partial charge in [0.2, 0.25) is 5.95 Å². The molecule has 1 fully saturated rings. The summed E-state index contributed by atoms with van der Waals surface area (Å²) in [6.45, 7) is 5.69. The van der Waals surface area contributed by atoms with Gasteiger partial charge in [-0.25, -0.2) is 9.78 Å². The number of anilines is 1. The molecule has 0 radical (unpaired) electrons. The van der Waals surface area contributed by atoms with Gasteiger partial charge in [-0.05, 0) is 19.1 Å². The first-order chi connectivity index (χ1) is 16.6. The predicted octanol–water partition coefficient (Wildman–Crippen LogP) is 2.35. The van der Waals surface area contributed by atoms with Gasteiger partial charge in [0.05, 0.1) is 6.54 Å². The highest BCUT2D eigenvalue weighted by Crippen LogP contribution is 2.27. The third-order valence-electron chi connectivity index (χ3n) is 4.93. The third-order valence-corrected chi connectivity index (χ3v) is 5.99. The summed E-state index contributed by atoms with van der Waals surface area (Å²) in [5.74, 6) is 4.00. The Kier molecular flexibility index (Phi) is 8.42. The lowest BCUT2D eigenvalue weighted by Gasteiger charge is -2.28. The first kappa shape index (κ1) is 26.1. The SMILES string of the molecule is CC#CCn1c(N2CCNCC2)nc2nc(Sc3ccccc3)n(C)c(=O)c21.O=C(O)C(F)(F)F. The molecule has 1 aromatic carbocycles. The van der Waals surface area contributed by atoms with Crippen LogP contribution < -0.4 is 15.8 Å². The van der Waals surface area contributed by atoms with Gasteiger partial charge in [-0.2, -0.15) is 18.2 Å². The van der Waals surface area contributed by atoms with Crippen molar-refractivity contribution in [3.05, 3.63) is 40.7 Å². The summed E-state index contributed by atoms with van der Waals surface area (Å²) in [6, 6.07) is 9.92. The molecule has 3 heterocycles. The van der Waals surface area contributed by atoms with E-state index >= 15 is 0 Å². The molecule has 9 nitrogen and oxygen atoms in total. The molecule has 0 aliphatic carbocycles. The molecule has 3 aromatic rings. The maximum atomic E-state index is 13.2. The Morgan fingerprint density at radius 2 is 1.83 bits per heavy atom. The normalized spacial score (nSPS) is 13.6. The molecule has 0 unspecified atom stereocenters. The fourth-order valence-corrected chi connectivity index (χ4v) is 4.08. The van der Waals surface area contributed by atoms with Crippen molar-refractivity contribution >= 4 is 34.8 Å².